The first-order valence-electron chi connectivity index (χ1n) is 10.4. The van der Waals surface area contributed by atoms with Gasteiger partial charge in [0.25, 0.3) is 0 Å². The third-order valence-corrected chi connectivity index (χ3v) is 7.39. The monoisotopic (exact) mass is 477 g/mol. The third-order valence-electron chi connectivity index (χ3n) is 5.52. The van der Waals surface area contributed by atoms with Crippen molar-refractivity contribution in [1.82, 2.24) is 4.98 Å². The lowest BCUT2D eigenvalue weighted by atomic mass is 10.0. The zero-order chi connectivity index (χ0) is 24.5. The number of carbonyl (C=O) groups excluding carboxylic acids is 1. The van der Waals surface area contributed by atoms with Crippen LogP contribution in [0.5, 0.6) is 17.2 Å². The molecule has 0 aliphatic carbocycles. The van der Waals surface area contributed by atoms with Gasteiger partial charge in [0.1, 0.15) is 5.75 Å². The number of methoxy groups -OCH3 is 3. The predicted molar refractivity (Wildman–Crippen MR) is 128 cm³/mol. The summed E-state index contributed by atoms with van der Waals surface area (Å²) < 4.78 is 43.7. The lowest BCUT2D eigenvalue weighted by Crippen LogP contribution is -2.13. The first kappa shape index (κ1) is 23.3. The Morgan fingerprint density at radius 3 is 2.03 bits per heavy atom. The number of carbonyl (C=O) groups is 1. The first-order valence-corrected chi connectivity index (χ1v) is 11.8. The van der Waals surface area contributed by atoms with Crippen LogP contribution in [-0.2, 0) is 9.84 Å². The summed E-state index contributed by atoms with van der Waals surface area (Å²) in [6, 6.07) is 16.1. The van der Waals surface area contributed by atoms with Crippen LogP contribution in [0.15, 0.2) is 76.7 Å². The molecule has 0 amide bonds. The van der Waals surface area contributed by atoms with E-state index >= 15 is 0 Å². The number of hydrogen-bond donors (Lipinski definition) is 0. The number of rotatable bonds is 7. The molecular weight excluding hydrogens is 454 g/mol. The highest BCUT2D eigenvalue weighted by molar-refractivity contribution is 7.91. The highest BCUT2D eigenvalue weighted by Gasteiger charge is 2.29. The number of fused-ring (bicyclic) bond motifs is 1. The summed E-state index contributed by atoms with van der Waals surface area (Å²) >= 11 is 0. The average Bonchev–Trinajstić information content (AvgIpc) is 2.86. The Kier molecular flexibility index (Phi) is 6.26. The molecule has 0 aliphatic rings. The van der Waals surface area contributed by atoms with Gasteiger partial charge in [-0.2, -0.15) is 0 Å². The molecule has 7 nitrogen and oxygen atoms in total. The number of hydrogen-bond acceptors (Lipinski definition) is 7. The van der Waals surface area contributed by atoms with E-state index in [0.717, 1.165) is 5.56 Å². The van der Waals surface area contributed by atoms with Crippen molar-refractivity contribution >= 4 is 26.5 Å². The fourth-order valence-electron chi connectivity index (χ4n) is 3.68. The van der Waals surface area contributed by atoms with Crippen LogP contribution >= 0.6 is 0 Å². The number of nitrogens with zero attached hydrogens (tertiary/aromatic N) is 1. The number of pyridine rings is 1. The molecule has 0 aliphatic heterocycles. The molecule has 174 valence electrons. The van der Waals surface area contributed by atoms with Crippen molar-refractivity contribution in [2.24, 2.45) is 0 Å². The van der Waals surface area contributed by atoms with Crippen LogP contribution in [0.25, 0.3) is 10.9 Å². The van der Waals surface area contributed by atoms with Gasteiger partial charge in [-0.15, -0.1) is 0 Å². The quantitative estimate of drug-likeness (QED) is 0.358. The van der Waals surface area contributed by atoms with Crippen LogP contribution in [0.1, 0.15) is 21.5 Å². The average molecular weight is 478 g/mol. The number of ether oxygens (including phenoxy) is 3. The Balaban J connectivity index is 2.03. The maximum absolute atomic E-state index is 13.9. The van der Waals surface area contributed by atoms with E-state index in [-0.39, 0.29) is 20.7 Å². The van der Waals surface area contributed by atoms with Gasteiger partial charge in [0.2, 0.25) is 9.84 Å². The van der Waals surface area contributed by atoms with E-state index in [9.17, 15) is 13.2 Å². The zero-order valence-corrected chi connectivity index (χ0v) is 20.0. The van der Waals surface area contributed by atoms with Gasteiger partial charge in [0.05, 0.1) is 42.2 Å². The molecule has 0 saturated heterocycles. The standard InChI is InChI=1S/C26H23NO6S/c1-16-5-11-19(12-6-16)34(29,30)26-20-13-23(32-3)24(33-4)14-22(20)27-15-21(26)25(28)17-7-9-18(31-2)10-8-17/h5-15H,1-4H3. The molecule has 4 aromatic rings. The van der Waals surface area contributed by atoms with Gasteiger partial charge in [-0.3, -0.25) is 9.78 Å². The van der Waals surface area contributed by atoms with Crippen molar-refractivity contribution in [2.45, 2.75) is 16.7 Å². The van der Waals surface area contributed by atoms with Gasteiger partial charge in [-0.25, -0.2) is 8.42 Å². The van der Waals surface area contributed by atoms with E-state index in [1.807, 2.05) is 6.92 Å². The fraction of sp³-hybridized carbons (Fsp3) is 0.154. The van der Waals surface area contributed by atoms with E-state index in [1.165, 1.54) is 45.7 Å². The third kappa shape index (κ3) is 4.08. The summed E-state index contributed by atoms with van der Waals surface area (Å²) in [5.74, 6) is 0.830. The maximum Gasteiger partial charge on any atom is 0.208 e. The van der Waals surface area contributed by atoms with Gasteiger partial charge in [0, 0.05) is 23.2 Å². The Bertz CT molecular complexity index is 1480. The summed E-state index contributed by atoms with van der Waals surface area (Å²) in [4.78, 5) is 17.8. The molecule has 0 N–H and O–H groups in total. The molecule has 34 heavy (non-hydrogen) atoms. The number of aromatic nitrogens is 1. The number of benzene rings is 3. The molecule has 0 fully saturated rings. The number of ketones is 1. The largest absolute Gasteiger partial charge is 0.497 e. The van der Waals surface area contributed by atoms with Crippen LogP contribution in [0.4, 0.5) is 0 Å². The molecular formula is C26H23NO6S. The van der Waals surface area contributed by atoms with Crippen molar-refractivity contribution in [3.63, 3.8) is 0 Å². The van der Waals surface area contributed by atoms with E-state index in [4.69, 9.17) is 14.2 Å². The topological polar surface area (TPSA) is 91.8 Å². The van der Waals surface area contributed by atoms with Crippen molar-refractivity contribution in [3.05, 3.63) is 83.6 Å². The molecule has 0 saturated carbocycles. The second kappa shape index (κ2) is 9.15. The molecule has 3 aromatic carbocycles. The predicted octanol–water partition coefficient (Wildman–Crippen LogP) is 4.63. The Hall–Kier alpha value is -3.91. The Morgan fingerprint density at radius 1 is 0.824 bits per heavy atom. The van der Waals surface area contributed by atoms with Gasteiger partial charge in [-0.1, -0.05) is 17.7 Å². The second-order valence-corrected chi connectivity index (χ2v) is 9.49. The van der Waals surface area contributed by atoms with E-state index in [0.29, 0.717) is 28.3 Å². The Labute approximate surface area is 197 Å². The molecule has 0 radical (unpaired) electrons. The molecule has 0 atom stereocenters. The van der Waals surface area contributed by atoms with Crippen LogP contribution in [0.2, 0.25) is 0 Å². The van der Waals surface area contributed by atoms with E-state index < -0.39 is 15.6 Å². The normalized spacial score (nSPS) is 11.3. The lowest BCUT2D eigenvalue weighted by molar-refractivity contribution is 0.103. The van der Waals surface area contributed by atoms with Crippen molar-refractivity contribution in [1.29, 1.82) is 0 Å². The molecule has 0 unspecified atom stereocenters. The summed E-state index contributed by atoms with van der Waals surface area (Å²) in [7, 11) is 0.358. The molecule has 0 bridgehead atoms. The van der Waals surface area contributed by atoms with E-state index in [1.54, 1.807) is 42.5 Å². The van der Waals surface area contributed by atoms with E-state index in [2.05, 4.69) is 4.98 Å². The second-order valence-electron chi connectivity index (χ2n) is 7.60. The van der Waals surface area contributed by atoms with Crippen LogP contribution < -0.4 is 14.2 Å². The van der Waals surface area contributed by atoms with Crippen LogP contribution in [0, 0.1) is 6.92 Å². The zero-order valence-electron chi connectivity index (χ0n) is 19.2. The first-order chi connectivity index (χ1) is 16.3. The van der Waals surface area contributed by atoms with Crippen molar-refractivity contribution in [2.75, 3.05) is 21.3 Å². The minimum absolute atomic E-state index is 0.0366. The van der Waals surface area contributed by atoms with Crippen LogP contribution in [0.3, 0.4) is 0 Å². The Morgan fingerprint density at radius 2 is 1.44 bits per heavy atom. The fourth-order valence-corrected chi connectivity index (χ4v) is 5.30. The number of sulfone groups is 1. The molecule has 0 spiro atoms. The van der Waals surface area contributed by atoms with Gasteiger partial charge >= 0.3 is 0 Å². The smallest absolute Gasteiger partial charge is 0.208 e. The van der Waals surface area contributed by atoms with Gasteiger partial charge in [-0.05, 0) is 49.4 Å². The molecule has 8 heteroatoms. The SMILES string of the molecule is COc1ccc(C(=O)c2cnc3cc(OC)c(OC)cc3c2S(=O)(=O)c2ccc(C)cc2)cc1. The van der Waals surface area contributed by atoms with Crippen molar-refractivity contribution in [3.8, 4) is 17.2 Å². The van der Waals surface area contributed by atoms with Crippen molar-refractivity contribution < 1.29 is 27.4 Å². The molecule has 1 heterocycles. The maximum atomic E-state index is 13.9. The summed E-state index contributed by atoms with van der Waals surface area (Å²) in [6.07, 6.45) is 1.29. The molecule has 4 rings (SSSR count). The lowest BCUT2D eigenvalue weighted by Gasteiger charge is -2.15. The highest BCUT2D eigenvalue weighted by Crippen LogP contribution is 2.38. The van der Waals surface area contributed by atoms with Gasteiger partial charge < -0.3 is 14.2 Å². The minimum Gasteiger partial charge on any atom is -0.497 e. The summed E-state index contributed by atoms with van der Waals surface area (Å²) in [5, 5.41) is 0.262. The summed E-state index contributed by atoms with van der Waals surface area (Å²) in [5.41, 5.74) is 1.54. The van der Waals surface area contributed by atoms with Gasteiger partial charge in [0.15, 0.2) is 17.3 Å². The summed E-state index contributed by atoms with van der Waals surface area (Å²) in [6.45, 7) is 1.87. The highest BCUT2D eigenvalue weighted by atomic mass is 32.2. The number of aryl methyl sites for hydroxylation is 1. The molecule has 1 aromatic heterocycles. The van der Waals surface area contributed by atoms with Crippen LogP contribution in [-0.4, -0.2) is 40.5 Å². The minimum atomic E-state index is -4.11.